The number of aliphatic hydroxyl groups is 1. The molecule has 2 aliphatic rings. The molecule has 1 amide bonds. The summed E-state index contributed by atoms with van der Waals surface area (Å²) < 4.78 is 10.6. The number of methoxy groups -OCH3 is 1. The molecule has 2 heterocycles. The molecule has 7 nitrogen and oxygen atoms in total. The van der Waals surface area contributed by atoms with Gasteiger partial charge in [-0.25, -0.2) is 4.79 Å². The van der Waals surface area contributed by atoms with Crippen molar-refractivity contribution in [2.45, 2.75) is 30.7 Å². The molecule has 0 aliphatic carbocycles. The van der Waals surface area contributed by atoms with E-state index in [0.717, 1.165) is 24.4 Å². The zero-order valence-electron chi connectivity index (χ0n) is 13.1. The van der Waals surface area contributed by atoms with Crippen LogP contribution in [0.5, 0.6) is 5.75 Å². The number of carbonyl (C=O) groups is 1. The Morgan fingerprint density at radius 2 is 2.04 bits per heavy atom. The molecule has 1 aromatic rings. The molecular weight excluding hydrogens is 298 g/mol. The van der Waals surface area contributed by atoms with Crippen LogP contribution in [0.2, 0.25) is 0 Å². The Bertz CT molecular complexity index is 533. The second-order valence-electron chi connectivity index (χ2n) is 6.00. The number of carbonyl (C=O) groups excluding carboxylic acids is 1. The average molecular weight is 321 g/mol. The smallest absolute Gasteiger partial charge is 0.407 e. The van der Waals surface area contributed by atoms with Gasteiger partial charge >= 0.3 is 6.09 Å². The van der Waals surface area contributed by atoms with E-state index in [0.29, 0.717) is 13.0 Å². The Morgan fingerprint density at radius 1 is 1.30 bits per heavy atom. The lowest BCUT2D eigenvalue weighted by atomic mass is 10.0. The second kappa shape index (κ2) is 7.16. The van der Waals surface area contributed by atoms with Crippen molar-refractivity contribution in [3.8, 4) is 5.75 Å². The van der Waals surface area contributed by atoms with Gasteiger partial charge in [-0.05, 0) is 24.1 Å². The third-order valence-corrected chi connectivity index (χ3v) is 4.33. The molecule has 0 unspecified atom stereocenters. The van der Waals surface area contributed by atoms with Crippen LogP contribution in [0.25, 0.3) is 0 Å². The van der Waals surface area contributed by atoms with Crippen LogP contribution in [0.15, 0.2) is 24.3 Å². The number of aliphatic hydroxyl groups excluding tert-OH is 1. The summed E-state index contributed by atoms with van der Waals surface area (Å²) in [6.07, 6.45) is -1.04. The van der Waals surface area contributed by atoms with E-state index < -0.39 is 18.3 Å². The maximum Gasteiger partial charge on any atom is 0.407 e. The predicted octanol–water partition coefficient (Wildman–Crippen LogP) is -0.363. The minimum atomic E-state index is -0.691. The summed E-state index contributed by atoms with van der Waals surface area (Å²) in [4.78, 5) is 11.9. The summed E-state index contributed by atoms with van der Waals surface area (Å²) in [5.74, 6) is 0.800. The van der Waals surface area contributed by atoms with Gasteiger partial charge in [-0.2, -0.15) is 0 Å². The molecule has 3 rings (SSSR count). The minimum Gasteiger partial charge on any atom is -0.497 e. The normalized spacial score (nSPS) is 27.3. The van der Waals surface area contributed by atoms with Gasteiger partial charge in [-0.15, -0.1) is 0 Å². The first-order valence-corrected chi connectivity index (χ1v) is 7.88. The highest BCUT2D eigenvalue weighted by molar-refractivity contribution is 5.68. The quantitative estimate of drug-likeness (QED) is 0.592. The number of β-amino-alcohol motifs (C(OH)–C–C–N with tert-alkyl or cyclic N) is 1. The van der Waals surface area contributed by atoms with Gasteiger partial charge in [0.2, 0.25) is 0 Å². The highest BCUT2D eigenvalue weighted by atomic mass is 16.6. The first-order valence-electron chi connectivity index (χ1n) is 7.88. The van der Waals surface area contributed by atoms with Gasteiger partial charge in [0.05, 0.1) is 19.2 Å². The Kier molecular flexibility index (Phi) is 5.00. The van der Waals surface area contributed by atoms with Crippen LogP contribution in [0.3, 0.4) is 0 Å². The number of ether oxygens (including phenoxy) is 2. The van der Waals surface area contributed by atoms with Gasteiger partial charge < -0.3 is 30.5 Å². The Balaban J connectivity index is 1.57. The number of amides is 1. The predicted molar refractivity (Wildman–Crippen MR) is 84.6 cm³/mol. The second-order valence-corrected chi connectivity index (χ2v) is 6.00. The fraction of sp³-hybridized carbons (Fsp3) is 0.562. The molecule has 3 atom stereocenters. The summed E-state index contributed by atoms with van der Waals surface area (Å²) in [5.41, 5.74) is 1.09. The Labute approximate surface area is 135 Å². The SMILES string of the molecule is COc1ccc(C[C@H]2NC[C@H](O)[C@H]2OC(=O)NC2CNC2)cc1. The molecule has 0 spiro atoms. The van der Waals surface area contributed by atoms with Crippen molar-refractivity contribution in [3.05, 3.63) is 29.8 Å². The van der Waals surface area contributed by atoms with Gasteiger partial charge in [0.1, 0.15) is 18.0 Å². The summed E-state index contributed by atoms with van der Waals surface area (Å²) in [6, 6.07) is 7.75. The highest BCUT2D eigenvalue weighted by Crippen LogP contribution is 2.19. The van der Waals surface area contributed by atoms with Crippen molar-refractivity contribution in [3.63, 3.8) is 0 Å². The molecule has 0 saturated carbocycles. The monoisotopic (exact) mass is 321 g/mol. The lowest BCUT2D eigenvalue weighted by Gasteiger charge is -2.29. The largest absolute Gasteiger partial charge is 0.497 e. The van der Waals surface area contributed by atoms with Crippen molar-refractivity contribution < 1.29 is 19.4 Å². The zero-order valence-corrected chi connectivity index (χ0v) is 13.1. The van der Waals surface area contributed by atoms with E-state index in [-0.39, 0.29) is 12.1 Å². The van der Waals surface area contributed by atoms with Crippen LogP contribution in [0.4, 0.5) is 4.79 Å². The van der Waals surface area contributed by atoms with Crippen LogP contribution >= 0.6 is 0 Å². The van der Waals surface area contributed by atoms with Crippen LogP contribution in [-0.2, 0) is 11.2 Å². The van der Waals surface area contributed by atoms with Crippen molar-refractivity contribution in [2.75, 3.05) is 26.7 Å². The van der Waals surface area contributed by atoms with Crippen LogP contribution in [0.1, 0.15) is 5.56 Å². The lowest BCUT2D eigenvalue weighted by Crippen LogP contribution is -2.57. The number of rotatable bonds is 5. The molecule has 4 N–H and O–H groups in total. The van der Waals surface area contributed by atoms with Crippen LogP contribution in [-0.4, -0.2) is 62.2 Å². The maximum atomic E-state index is 11.9. The van der Waals surface area contributed by atoms with E-state index in [1.165, 1.54) is 0 Å². The Morgan fingerprint density at radius 3 is 2.65 bits per heavy atom. The van der Waals surface area contributed by atoms with E-state index in [1.54, 1.807) is 7.11 Å². The van der Waals surface area contributed by atoms with Crippen LogP contribution in [0, 0.1) is 0 Å². The van der Waals surface area contributed by atoms with E-state index in [4.69, 9.17) is 9.47 Å². The first kappa shape index (κ1) is 16.0. The average Bonchev–Trinajstić information content (AvgIpc) is 2.85. The van der Waals surface area contributed by atoms with Gasteiger partial charge in [0.25, 0.3) is 0 Å². The van der Waals surface area contributed by atoms with Crippen molar-refractivity contribution in [1.82, 2.24) is 16.0 Å². The number of alkyl carbamates (subject to hydrolysis) is 1. The third kappa shape index (κ3) is 3.93. The van der Waals surface area contributed by atoms with Gasteiger partial charge in [-0.1, -0.05) is 12.1 Å². The molecule has 2 fully saturated rings. The van der Waals surface area contributed by atoms with E-state index in [2.05, 4.69) is 16.0 Å². The fourth-order valence-electron chi connectivity index (χ4n) is 2.85. The Hall–Kier alpha value is -1.83. The number of hydrogen-bond donors (Lipinski definition) is 4. The van der Waals surface area contributed by atoms with Crippen LogP contribution < -0.4 is 20.7 Å². The molecule has 1 aromatic carbocycles. The highest BCUT2D eigenvalue weighted by Gasteiger charge is 2.38. The molecule has 23 heavy (non-hydrogen) atoms. The van der Waals surface area contributed by atoms with Crippen molar-refractivity contribution >= 4 is 6.09 Å². The molecule has 0 aromatic heterocycles. The number of hydrogen-bond acceptors (Lipinski definition) is 6. The van der Waals surface area contributed by atoms with Gasteiger partial charge in [0.15, 0.2) is 0 Å². The fourth-order valence-corrected chi connectivity index (χ4v) is 2.85. The number of nitrogens with one attached hydrogen (secondary N) is 3. The molecule has 0 bridgehead atoms. The third-order valence-electron chi connectivity index (χ3n) is 4.33. The standard InChI is InChI=1S/C16H23N3O4/c1-22-12-4-2-10(3-5-12)6-13-15(14(20)9-18-13)23-16(21)19-11-7-17-8-11/h2-5,11,13-15,17-18,20H,6-9H2,1H3,(H,19,21)/t13-,14+,15+/m1/s1. The molecule has 2 saturated heterocycles. The van der Waals surface area contributed by atoms with Crippen molar-refractivity contribution in [2.24, 2.45) is 0 Å². The molecule has 7 heteroatoms. The first-order chi connectivity index (χ1) is 11.2. The van der Waals surface area contributed by atoms with Gasteiger partial charge in [-0.3, -0.25) is 0 Å². The zero-order chi connectivity index (χ0) is 16.2. The molecule has 126 valence electrons. The molecule has 0 radical (unpaired) electrons. The van der Waals surface area contributed by atoms with E-state index in [1.807, 2.05) is 24.3 Å². The van der Waals surface area contributed by atoms with E-state index >= 15 is 0 Å². The topological polar surface area (TPSA) is 91.8 Å². The van der Waals surface area contributed by atoms with E-state index in [9.17, 15) is 9.90 Å². The molecule has 2 aliphatic heterocycles. The summed E-state index contributed by atoms with van der Waals surface area (Å²) in [6.45, 7) is 1.94. The summed E-state index contributed by atoms with van der Waals surface area (Å²) in [5, 5.41) is 19.2. The lowest BCUT2D eigenvalue weighted by molar-refractivity contribution is 0.0168. The summed E-state index contributed by atoms with van der Waals surface area (Å²) >= 11 is 0. The van der Waals surface area contributed by atoms with Crippen molar-refractivity contribution in [1.29, 1.82) is 0 Å². The summed E-state index contributed by atoms with van der Waals surface area (Å²) in [7, 11) is 1.63. The molecular formula is C16H23N3O4. The number of benzene rings is 1. The minimum absolute atomic E-state index is 0.108. The maximum absolute atomic E-state index is 11.9. The van der Waals surface area contributed by atoms with Gasteiger partial charge in [0, 0.05) is 19.6 Å².